The number of carbonyl (C=O) groups excluding carboxylic acids is 1. The second-order valence-corrected chi connectivity index (χ2v) is 8.54. The molecule has 0 saturated heterocycles. The number of aromatic nitrogens is 3. The lowest BCUT2D eigenvalue weighted by Crippen LogP contribution is -1.95. The fourth-order valence-corrected chi connectivity index (χ4v) is 4.13. The number of unbranched alkanes of at least 4 members (excludes halogenated alkanes) is 1. The minimum Gasteiger partial charge on any atom is -0.388 e. The highest BCUT2D eigenvalue weighted by Crippen LogP contribution is 2.48. The predicted molar refractivity (Wildman–Crippen MR) is 140 cm³/mol. The van der Waals surface area contributed by atoms with Gasteiger partial charge in [-0.25, -0.2) is 15.0 Å². The molecular weight excluding hydrogens is 458 g/mol. The van der Waals surface area contributed by atoms with Crippen LogP contribution in [-0.4, -0.2) is 43.0 Å². The van der Waals surface area contributed by atoms with Gasteiger partial charge >= 0.3 is 0 Å². The van der Waals surface area contributed by atoms with Crippen LogP contribution in [0.1, 0.15) is 50.5 Å². The minimum absolute atomic E-state index is 0.259. The van der Waals surface area contributed by atoms with E-state index in [0.29, 0.717) is 10.9 Å². The second kappa shape index (κ2) is 15.3. The van der Waals surface area contributed by atoms with Crippen molar-refractivity contribution in [3.8, 4) is 21.8 Å². The second-order valence-electron chi connectivity index (χ2n) is 7.13. The van der Waals surface area contributed by atoms with Gasteiger partial charge in [-0.1, -0.05) is 50.4 Å². The molecule has 1 aromatic carbocycles. The van der Waals surface area contributed by atoms with Crippen molar-refractivity contribution in [1.29, 1.82) is 0 Å². The third kappa shape index (κ3) is 8.38. The molecule has 7 nitrogen and oxygen atoms in total. The Morgan fingerprint density at radius 2 is 1.82 bits per heavy atom. The molecule has 33 heavy (non-hydrogen) atoms. The highest BCUT2D eigenvalue weighted by Gasteiger charge is 2.30. The number of carbonyl (C=O) groups is 1. The molecule has 0 amide bonds. The monoisotopic (exact) mass is 491 g/mol. The number of nitrogens with two attached hydrogens (primary N) is 1. The largest absolute Gasteiger partial charge is 0.388 e. The molecular formula is C24H34ClN5O2S. The summed E-state index contributed by atoms with van der Waals surface area (Å²) in [5.74, 6) is 0.822. The Morgan fingerprint density at radius 1 is 1.18 bits per heavy atom. The molecule has 1 saturated carbocycles. The van der Waals surface area contributed by atoms with Gasteiger partial charge in [0.2, 0.25) is 5.95 Å². The zero-order valence-corrected chi connectivity index (χ0v) is 21.6. The Morgan fingerprint density at radius 3 is 2.33 bits per heavy atom. The highest BCUT2D eigenvalue weighted by atomic mass is 35.5. The van der Waals surface area contributed by atoms with E-state index in [4.69, 9.17) is 27.1 Å². The van der Waals surface area contributed by atoms with Crippen molar-refractivity contribution in [2.24, 2.45) is 0 Å². The quantitative estimate of drug-likeness (QED) is 0.431. The van der Waals surface area contributed by atoms with Crippen molar-refractivity contribution < 1.29 is 9.53 Å². The standard InChI is InChI=1S/C17H16ClN5S.C4H10.C2H6O.CH2O/c1-20-11-4-2-3-10(13(11)18)14-15(12-7-8-21-17(19)22-12)24-16(23-14)9-5-6-9;1-3-4-2;1-3-2;1-2/h2-4,7-9,20H,5-6H2,1H3,(H2,19,21,22);3-4H2,1-2H3;1-2H3;1H2. The minimum atomic E-state index is 0.259. The van der Waals surface area contributed by atoms with Gasteiger partial charge in [-0.05, 0) is 25.0 Å². The van der Waals surface area contributed by atoms with Crippen molar-refractivity contribution in [3.05, 3.63) is 40.5 Å². The summed E-state index contributed by atoms with van der Waals surface area (Å²) >= 11 is 8.26. The summed E-state index contributed by atoms with van der Waals surface area (Å²) in [7, 11) is 5.10. The maximum atomic E-state index is 8.00. The van der Waals surface area contributed by atoms with Crippen LogP contribution >= 0.6 is 22.9 Å². The van der Waals surface area contributed by atoms with Crippen LogP contribution in [0.25, 0.3) is 21.8 Å². The summed E-state index contributed by atoms with van der Waals surface area (Å²) in [5, 5.41) is 4.92. The smallest absolute Gasteiger partial charge is 0.220 e. The van der Waals surface area contributed by atoms with E-state index in [1.54, 1.807) is 31.8 Å². The maximum absolute atomic E-state index is 8.00. The first kappa shape index (κ1) is 28.5. The molecule has 3 aromatic rings. The van der Waals surface area contributed by atoms with Crippen molar-refractivity contribution in [1.82, 2.24) is 15.0 Å². The van der Waals surface area contributed by atoms with Gasteiger partial charge in [0.25, 0.3) is 0 Å². The number of nitrogen functional groups attached to an aromatic ring is 1. The molecule has 0 atom stereocenters. The van der Waals surface area contributed by atoms with E-state index in [0.717, 1.165) is 32.5 Å². The van der Waals surface area contributed by atoms with Crippen LogP contribution in [0.5, 0.6) is 0 Å². The molecule has 1 aliphatic rings. The summed E-state index contributed by atoms with van der Waals surface area (Å²) in [5.41, 5.74) is 9.19. The van der Waals surface area contributed by atoms with Gasteiger partial charge in [-0.15, -0.1) is 11.3 Å². The summed E-state index contributed by atoms with van der Waals surface area (Å²) in [6, 6.07) is 7.77. The number of benzene rings is 1. The van der Waals surface area contributed by atoms with Gasteiger partial charge in [-0.3, -0.25) is 0 Å². The van der Waals surface area contributed by atoms with Crippen LogP contribution < -0.4 is 11.1 Å². The van der Waals surface area contributed by atoms with Crippen molar-refractivity contribution in [3.63, 3.8) is 0 Å². The van der Waals surface area contributed by atoms with Crippen LogP contribution in [0.4, 0.5) is 11.6 Å². The summed E-state index contributed by atoms with van der Waals surface area (Å²) in [4.78, 5) is 22.2. The molecule has 180 valence electrons. The van der Waals surface area contributed by atoms with E-state index in [2.05, 4.69) is 33.9 Å². The number of methoxy groups -OCH3 is 1. The van der Waals surface area contributed by atoms with E-state index in [1.165, 1.54) is 25.7 Å². The first-order chi connectivity index (χ1) is 16.0. The van der Waals surface area contributed by atoms with Gasteiger partial charge < -0.3 is 20.6 Å². The average molecular weight is 492 g/mol. The number of hydrogen-bond donors (Lipinski definition) is 2. The maximum Gasteiger partial charge on any atom is 0.220 e. The number of thiazole rings is 1. The number of anilines is 2. The van der Waals surface area contributed by atoms with E-state index in [9.17, 15) is 0 Å². The first-order valence-corrected chi connectivity index (χ1v) is 11.9. The lowest BCUT2D eigenvalue weighted by atomic mass is 10.1. The molecule has 2 aromatic heterocycles. The van der Waals surface area contributed by atoms with Crippen LogP contribution in [0.3, 0.4) is 0 Å². The normalized spacial score (nSPS) is 11.7. The number of nitrogens with zero attached hydrogens (tertiary/aromatic N) is 3. The zero-order valence-electron chi connectivity index (χ0n) is 20.0. The molecule has 4 rings (SSSR count). The van der Waals surface area contributed by atoms with E-state index >= 15 is 0 Å². The Labute approximate surface area is 205 Å². The Hall–Kier alpha value is -2.55. The molecule has 0 unspecified atom stereocenters. The fraction of sp³-hybridized carbons (Fsp3) is 0.417. The number of ether oxygens (including phenoxy) is 1. The van der Waals surface area contributed by atoms with Crippen LogP contribution in [0, 0.1) is 0 Å². The van der Waals surface area contributed by atoms with Gasteiger partial charge in [0.05, 0.1) is 32.0 Å². The predicted octanol–water partition coefficient (Wildman–Crippen LogP) is 6.31. The van der Waals surface area contributed by atoms with Gasteiger partial charge in [-0.2, -0.15) is 0 Å². The zero-order chi connectivity index (χ0) is 24.8. The summed E-state index contributed by atoms with van der Waals surface area (Å²) in [6.45, 7) is 6.36. The average Bonchev–Trinajstić information content (AvgIpc) is 3.60. The van der Waals surface area contributed by atoms with Crippen LogP contribution in [0.2, 0.25) is 5.02 Å². The number of hydrogen-bond acceptors (Lipinski definition) is 8. The highest BCUT2D eigenvalue weighted by molar-refractivity contribution is 7.15. The SMILES string of the molecule is C=O.CCCC.CNc1cccc(-c2nc(C3CC3)sc2-c2ccnc(N)n2)c1Cl.COC. The molecule has 3 N–H and O–H groups in total. The third-order valence-corrected chi connectivity index (χ3v) is 6.15. The molecule has 1 fully saturated rings. The number of nitrogens with one attached hydrogen (secondary N) is 1. The van der Waals surface area contributed by atoms with E-state index in [-0.39, 0.29) is 5.95 Å². The molecule has 2 heterocycles. The van der Waals surface area contributed by atoms with Gasteiger partial charge in [0.15, 0.2) is 0 Å². The van der Waals surface area contributed by atoms with Crippen LogP contribution in [-0.2, 0) is 9.53 Å². The molecule has 0 aliphatic heterocycles. The lowest BCUT2D eigenvalue weighted by Gasteiger charge is -2.09. The Balaban J connectivity index is 0.000000528. The fourth-order valence-electron chi connectivity index (χ4n) is 2.61. The lowest BCUT2D eigenvalue weighted by molar-refractivity contribution is -0.0979. The number of halogens is 1. The third-order valence-electron chi connectivity index (χ3n) is 4.50. The summed E-state index contributed by atoms with van der Waals surface area (Å²) in [6.07, 6.45) is 6.70. The molecule has 0 spiro atoms. The number of rotatable bonds is 5. The Bertz CT molecular complexity index is 977. The van der Waals surface area contributed by atoms with E-state index < -0.39 is 0 Å². The Kier molecular flexibility index (Phi) is 13.2. The van der Waals surface area contributed by atoms with Crippen molar-refractivity contribution >= 4 is 41.4 Å². The van der Waals surface area contributed by atoms with Crippen molar-refractivity contribution in [2.75, 3.05) is 32.3 Å². The van der Waals surface area contributed by atoms with Gasteiger partial charge in [0.1, 0.15) is 6.79 Å². The van der Waals surface area contributed by atoms with Crippen LogP contribution in [0.15, 0.2) is 30.5 Å². The molecule has 0 radical (unpaired) electrons. The van der Waals surface area contributed by atoms with Crippen molar-refractivity contribution in [2.45, 2.75) is 45.4 Å². The van der Waals surface area contributed by atoms with E-state index in [1.807, 2.05) is 38.1 Å². The summed E-state index contributed by atoms with van der Waals surface area (Å²) < 4.78 is 4.25. The topological polar surface area (TPSA) is 103 Å². The molecule has 0 bridgehead atoms. The first-order valence-electron chi connectivity index (χ1n) is 10.8. The molecule has 1 aliphatic carbocycles. The molecule has 9 heteroatoms. The van der Waals surface area contributed by atoms with Gasteiger partial charge in [0, 0.05) is 38.9 Å².